The highest BCUT2D eigenvalue weighted by molar-refractivity contribution is 7.17. The van der Waals surface area contributed by atoms with Gasteiger partial charge in [-0.2, -0.15) is 0 Å². The van der Waals surface area contributed by atoms with Gasteiger partial charge in [0.25, 0.3) is 5.79 Å². The van der Waals surface area contributed by atoms with Crippen LogP contribution in [0, 0.1) is 23.7 Å². The Morgan fingerprint density at radius 1 is 0.833 bits per heavy atom. The summed E-state index contributed by atoms with van der Waals surface area (Å²) in [6, 6.07) is 0. The molecule has 48 heavy (non-hydrogen) atoms. The molecule has 0 aromatic rings. The minimum absolute atomic E-state index is 0.134. The summed E-state index contributed by atoms with van der Waals surface area (Å²) >= 11 is 0. The third-order valence-corrected chi connectivity index (χ3v) is 8.91. The number of carbonyl (C=O) groups is 2. The van der Waals surface area contributed by atoms with E-state index >= 15 is 0 Å². The van der Waals surface area contributed by atoms with Gasteiger partial charge in [-0.15, -0.1) is 9.24 Å². The van der Waals surface area contributed by atoms with E-state index in [0.29, 0.717) is 12.3 Å². The Balaban J connectivity index is 0. The van der Waals surface area contributed by atoms with Crippen molar-refractivity contribution in [3.05, 3.63) is 11.8 Å². The second-order valence-corrected chi connectivity index (χ2v) is 13.6. The molecule has 2 heterocycles. The van der Waals surface area contributed by atoms with Crippen molar-refractivity contribution in [2.24, 2.45) is 23.7 Å². The lowest BCUT2D eigenvalue weighted by atomic mass is 9.81. The summed E-state index contributed by atoms with van der Waals surface area (Å²) in [5.41, 5.74) is 0. The van der Waals surface area contributed by atoms with Crippen molar-refractivity contribution in [2.75, 3.05) is 28.2 Å². The van der Waals surface area contributed by atoms with E-state index in [1.807, 2.05) is 28.2 Å². The molecule has 1 saturated heterocycles. The van der Waals surface area contributed by atoms with E-state index in [9.17, 15) is 35.1 Å². The first-order valence-corrected chi connectivity index (χ1v) is 17.1. The lowest BCUT2D eigenvalue weighted by Crippen LogP contribution is -2.59. The van der Waals surface area contributed by atoms with Crippen LogP contribution in [0.3, 0.4) is 0 Å². The molecule has 2 aliphatic rings. The number of aliphatic carboxylic acids is 2. The van der Waals surface area contributed by atoms with Gasteiger partial charge in [0, 0.05) is 30.1 Å². The quantitative estimate of drug-likeness (QED) is 0.0992. The van der Waals surface area contributed by atoms with Gasteiger partial charge in [0.05, 0.1) is 48.7 Å². The van der Waals surface area contributed by atoms with E-state index in [4.69, 9.17) is 19.3 Å². The maximum atomic E-state index is 11.6. The molecule has 1 fully saturated rings. The van der Waals surface area contributed by atoms with Gasteiger partial charge in [-0.05, 0) is 68.9 Å². The Morgan fingerprint density at radius 3 is 1.56 bits per heavy atom. The number of carboxylic acids is 2. The Hall–Kier alpha value is -1.49. The summed E-state index contributed by atoms with van der Waals surface area (Å²) in [5, 5.41) is 69.3. The van der Waals surface area contributed by atoms with Gasteiger partial charge in [-0.1, -0.05) is 27.7 Å². The zero-order valence-electron chi connectivity index (χ0n) is 31.1. The molecule has 16 heteroatoms. The number of hydrogen-bond donors (Lipinski definition) is 10. The van der Waals surface area contributed by atoms with Crippen molar-refractivity contribution in [1.82, 2.24) is 21.3 Å². The highest BCUT2D eigenvalue weighted by Gasteiger charge is 2.53. The highest BCUT2D eigenvalue weighted by Crippen LogP contribution is 2.39. The second-order valence-electron chi connectivity index (χ2n) is 12.7. The molecule has 13 atom stereocenters. The number of nitrogens with one attached hydrogen (secondary N) is 4. The normalized spacial score (nSPS) is 30.0. The Morgan fingerprint density at radius 2 is 1.25 bits per heavy atom. The molecule has 0 radical (unpaired) electrons. The molecule has 10 N–H and O–H groups in total. The number of aliphatic hydroxyl groups excluding tert-OH is 4. The number of hydrogen-bond acceptors (Lipinski definition) is 13. The molecular weight excluding hydrogens is 647 g/mol. The van der Waals surface area contributed by atoms with Gasteiger partial charge in [0.2, 0.25) is 5.76 Å². The average Bonchev–Trinajstić information content (AvgIpc) is 3.02. The van der Waals surface area contributed by atoms with Gasteiger partial charge in [-0.25, -0.2) is 9.59 Å². The van der Waals surface area contributed by atoms with Gasteiger partial charge < -0.3 is 66.1 Å². The van der Waals surface area contributed by atoms with E-state index in [1.165, 1.54) is 6.08 Å². The van der Waals surface area contributed by atoms with E-state index in [0.717, 1.165) is 0 Å². The monoisotopic (exact) mass is 714 g/mol. The maximum absolute atomic E-state index is 11.6. The topological polar surface area (TPSA) is 231 Å². The van der Waals surface area contributed by atoms with E-state index in [-0.39, 0.29) is 35.9 Å². The maximum Gasteiger partial charge on any atom is 0.370 e. The Bertz CT molecular complexity index is 924. The van der Waals surface area contributed by atoms with E-state index in [2.05, 4.69) is 44.4 Å². The van der Waals surface area contributed by atoms with Crippen molar-refractivity contribution in [1.29, 1.82) is 0 Å². The minimum Gasteiger partial charge on any atom is -0.483 e. The fourth-order valence-electron chi connectivity index (χ4n) is 4.55. The minimum atomic E-state index is -1.87. The fourth-order valence-corrected chi connectivity index (χ4v) is 4.77. The molecule has 0 aromatic carbocycles. The van der Waals surface area contributed by atoms with Crippen LogP contribution in [-0.2, 0) is 23.8 Å². The smallest absolute Gasteiger partial charge is 0.370 e. The van der Waals surface area contributed by atoms with Crippen molar-refractivity contribution >= 4 is 21.2 Å². The third-order valence-electron chi connectivity index (χ3n) is 8.77. The summed E-state index contributed by atoms with van der Waals surface area (Å²) in [5.74, 6) is -6.11. The molecule has 2 aliphatic heterocycles. The SMILES string of the molecule is CC(P)O[C@@]1(C(=O)O)C[C@@H](O)[C@@H](C)C([C@H](C)[C@@H](C)O)O1.CNC(C)NC.CNC(C)NC.C[C@@H](O)[C@@H](C)C1OC(C(=O)O)=C[C@@H](O)[C@H]1C. The Labute approximate surface area is 289 Å². The first kappa shape index (κ1) is 48.6. The second kappa shape index (κ2) is 23.8. The van der Waals surface area contributed by atoms with Crippen LogP contribution in [0.4, 0.5) is 0 Å². The lowest BCUT2D eigenvalue weighted by molar-refractivity contribution is -0.313. The Kier molecular flexibility index (Phi) is 24.1. The molecule has 0 saturated carbocycles. The fraction of sp³-hybridized carbons (Fsp3) is 0.875. The van der Waals surface area contributed by atoms with E-state index in [1.54, 1.807) is 48.5 Å². The number of aliphatic hydroxyl groups is 4. The van der Waals surface area contributed by atoms with Crippen LogP contribution in [0.15, 0.2) is 11.8 Å². The highest BCUT2D eigenvalue weighted by atomic mass is 31.0. The largest absolute Gasteiger partial charge is 0.483 e. The summed E-state index contributed by atoms with van der Waals surface area (Å²) in [6.07, 6.45) is -2.18. The van der Waals surface area contributed by atoms with Crippen LogP contribution in [0.1, 0.15) is 68.7 Å². The zero-order chi connectivity index (χ0) is 38.1. The lowest BCUT2D eigenvalue weighted by Gasteiger charge is -2.46. The van der Waals surface area contributed by atoms with Crippen LogP contribution >= 0.6 is 9.24 Å². The predicted octanol–water partition coefficient (Wildman–Crippen LogP) is 0.718. The number of rotatable bonds is 12. The molecule has 286 valence electrons. The van der Waals surface area contributed by atoms with Crippen molar-refractivity contribution in [2.45, 2.75) is 129 Å². The summed E-state index contributed by atoms with van der Waals surface area (Å²) < 4.78 is 16.4. The molecule has 0 bridgehead atoms. The van der Waals surface area contributed by atoms with Gasteiger partial charge in [-0.3, -0.25) is 0 Å². The van der Waals surface area contributed by atoms with Crippen molar-refractivity contribution in [3.63, 3.8) is 0 Å². The zero-order valence-corrected chi connectivity index (χ0v) is 32.2. The van der Waals surface area contributed by atoms with E-state index < -0.39 is 60.2 Å². The number of ether oxygens (including phenoxy) is 3. The standard InChI is InChI=1S/C13H25O6P.C11H18O5.2C4H12N2/c1-6(8(3)14)11-7(2)10(15)5-13(19-11,12(16)17)18-9(4)20;1-5(7(3)12)10-6(2)8(13)4-9(16-10)11(14)15;2*1-4(5-2)6-3/h6-11,14-15H,5,20H2,1-4H3,(H,16,17);4-8,10,12-13H,1-3H3,(H,14,15);2*4-6H,1-3H3/t6-,7-,8-,9?,10-,11?,13+;5-,6-,7-,8-,10?;;/m11../s1. The third kappa shape index (κ3) is 16.5. The molecule has 0 amide bonds. The molecule has 0 aromatic heterocycles. The van der Waals surface area contributed by atoms with Crippen LogP contribution in [-0.4, -0.2) is 131 Å². The first-order valence-electron chi connectivity index (χ1n) is 16.4. The van der Waals surface area contributed by atoms with Crippen molar-refractivity contribution in [3.8, 4) is 0 Å². The molecule has 4 unspecified atom stereocenters. The van der Waals surface area contributed by atoms with Gasteiger partial charge in [0.1, 0.15) is 6.10 Å². The predicted molar refractivity (Wildman–Crippen MR) is 188 cm³/mol. The summed E-state index contributed by atoms with van der Waals surface area (Å²) in [7, 11) is 10.0. The molecule has 2 rings (SSSR count). The van der Waals surface area contributed by atoms with Crippen LogP contribution in [0.5, 0.6) is 0 Å². The van der Waals surface area contributed by atoms with Crippen LogP contribution in [0.2, 0.25) is 0 Å². The molecule has 15 nitrogen and oxygen atoms in total. The molecule has 0 aliphatic carbocycles. The van der Waals surface area contributed by atoms with Crippen LogP contribution in [0.25, 0.3) is 0 Å². The average molecular weight is 715 g/mol. The van der Waals surface area contributed by atoms with Crippen molar-refractivity contribution < 1.29 is 54.4 Å². The molecule has 0 spiro atoms. The number of carboxylic acid groups (broad SMARTS) is 2. The van der Waals surface area contributed by atoms with Gasteiger partial charge in [0.15, 0.2) is 0 Å². The first-order chi connectivity index (χ1) is 22.1. The summed E-state index contributed by atoms with van der Waals surface area (Å²) in [4.78, 5) is 22.3. The summed E-state index contributed by atoms with van der Waals surface area (Å²) in [6.45, 7) is 16.1. The van der Waals surface area contributed by atoms with Gasteiger partial charge >= 0.3 is 11.9 Å². The van der Waals surface area contributed by atoms with Crippen LogP contribution < -0.4 is 21.3 Å². The molecular formula is C32H67N4O11P.